The van der Waals surface area contributed by atoms with Crippen molar-refractivity contribution in [2.24, 2.45) is 0 Å². The second kappa shape index (κ2) is 11.9. The average molecular weight is 542 g/mol. The van der Waals surface area contributed by atoms with Crippen LogP contribution in [-0.4, -0.2) is 62.0 Å². The van der Waals surface area contributed by atoms with Crippen molar-refractivity contribution in [2.75, 3.05) is 32.2 Å². The summed E-state index contributed by atoms with van der Waals surface area (Å²) in [5.41, 5.74) is -0.426. The Morgan fingerprint density at radius 3 is 2.61 bits per heavy atom. The highest BCUT2D eigenvalue weighted by Crippen LogP contribution is 2.31. The van der Waals surface area contributed by atoms with Crippen LogP contribution in [0.3, 0.4) is 0 Å². The fraction of sp³-hybridized carbons (Fsp3) is 0.680. The summed E-state index contributed by atoms with van der Waals surface area (Å²) in [6.45, 7) is 8.67. The van der Waals surface area contributed by atoms with Gasteiger partial charge in [0.25, 0.3) is 5.56 Å². The minimum Gasteiger partial charge on any atom is -0.381 e. The van der Waals surface area contributed by atoms with Crippen molar-refractivity contribution in [1.82, 2.24) is 9.55 Å². The minimum absolute atomic E-state index is 0.00927. The van der Waals surface area contributed by atoms with Crippen molar-refractivity contribution in [3.8, 4) is 0 Å². The maximum Gasteiger partial charge on any atom is 0.266 e. The van der Waals surface area contributed by atoms with E-state index < -0.39 is 25.3 Å². The molecule has 1 saturated carbocycles. The van der Waals surface area contributed by atoms with Crippen molar-refractivity contribution in [3.05, 3.63) is 33.9 Å². The molecule has 1 aliphatic carbocycles. The smallest absolute Gasteiger partial charge is 0.266 e. The molecule has 0 bridgehead atoms. The number of hydrogen-bond acceptors (Lipinski definition) is 7. The fourth-order valence-electron chi connectivity index (χ4n) is 4.37. The molecule has 1 saturated heterocycles. The molecule has 2 aromatic rings. The van der Waals surface area contributed by atoms with E-state index in [1.807, 2.05) is 0 Å². The van der Waals surface area contributed by atoms with Gasteiger partial charge in [-0.15, -0.1) is 0 Å². The van der Waals surface area contributed by atoms with Crippen molar-refractivity contribution >= 4 is 36.4 Å². The van der Waals surface area contributed by atoms with E-state index in [0.29, 0.717) is 36.3 Å². The minimum atomic E-state index is -1.31. The third-order valence-corrected chi connectivity index (χ3v) is 9.90. The van der Waals surface area contributed by atoms with E-state index in [0.717, 1.165) is 32.1 Å². The summed E-state index contributed by atoms with van der Waals surface area (Å²) in [5, 5.41) is 3.12. The fourth-order valence-corrected chi connectivity index (χ4v) is 6.26. The summed E-state index contributed by atoms with van der Waals surface area (Å²) in [4.78, 5) is 18.1. The molecule has 2 heterocycles. The maximum absolute atomic E-state index is 15.2. The molecule has 0 radical (unpaired) electrons. The Labute approximate surface area is 216 Å². The summed E-state index contributed by atoms with van der Waals surface area (Å²) < 4.78 is 48.1. The van der Waals surface area contributed by atoms with Gasteiger partial charge in [-0.05, 0) is 37.8 Å². The zero-order chi connectivity index (χ0) is 25.9. The average Bonchev–Trinajstić information content (AvgIpc) is 2.81. The van der Waals surface area contributed by atoms with E-state index in [4.69, 9.17) is 14.2 Å². The lowest BCUT2D eigenvalue weighted by Crippen LogP contribution is -2.40. The lowest BCUT2D eigenvalue weighted by Gasteiger charge is -2.35. The number of hydrogen-bond donors (Lipinski definition) is 1. The van der Waals surface area contributed by atoms with Crippen LogP contribution in [0.1, 0.15) is 31.5 Å². The molecule has 1 aromatic heterocycles. The number of halogens is 2. The van der Waals surface area contributed by atoms with Gasteiger partial charge >= 0.3 is 0 Å². The Morgan fingerprint density at radius 2 is 1.94 bits per heavy atom. The van der Waals surface area contributed by atoms with Gasteiger partial charge in [-0.3, -0.25) is 9.36 Å². The van der Waals surface area contributed by atoms with Crippen LogP contribution in [0, 0.1) is 11.6 Å². The largest absolute Gasteiger partial charge is 0.381 e. The summed E-state index contributed by atoms with van der Waals surface area (Å²) >= 11 is 1.71. The number of methoxy groups -OCH3 is 1. The second-order valence-electron chi connectivity index (χ2n) is 10.8. The standard InChI is InChI=1S/C25H37F2N3O4SSi/c1-32-17-11-16(12-17)28-20-13-19-22(24(27)23(20)26)25(31)30(15-34-9-10-36(2,3)4)21(29-19)14-35-18-5-7-33-8-6-18/h13,16-18,28H,5-12,14-15H2,1-4H3. The van der Waals surface area contributed by atoms with Crippen LogP contribution in [0.15, 0.2) is 10.9 Å². The Kier molecular flexibility index (Phi) is 9.08. The van der Waals surface area contributed by atoms with Crippen molar-refractivity contribution in [3.63, 3.8) is 0 Å². The number of anilines is 1. The van der Waals surface area contributed by atoms with E-state index in [1.54, 1.807) is 18.9 Å². The number of aromatic nitrogens is 2. The molecule has 1 aliphatic heterocycles. The van der Waals surface area contributed by atoms with Crippen LogP contribution in [0.4, 0.5) is 14.5 Å². The monoisotopic (exact) mass is 541 g/mol. The lowest BCUT2D eigenvalue weighted by molar-refractivity contribution is 0.0328. The molecular formula is C25H37F2N3O4SSi. The molecule has 36 heavy (non-hydrogen) atoms. The first-order chi connectivity index (χ1) is 17.2. The van der Waals surface area contributed by atoms with E-state index in [9.17, 15) is 9.18 Å². The zero-order valence-corrected chi connectivity index (χ0v) is 23.4. The number of rotatable bonds is 11. The quantitative estimate of drug-likeness (QED) is 0.317. The molecular weight excluding hydrogens is 504 g/mol. The first-order valence-corrected chi connectivity index (χ1v) is 17.4. The van der Waals surface area contributed by atoms with Crippen LogP contribution in [0.2, 0.25) is 25.7 Å². The molecule has 2 aliphatic rings. The van der Waals surface area contributed by atoms with Crippen LogP contribution in [0.25, 0.3) is 10.9 Å². The van der Waals surface area contributed by atoms with Crippen molar-refractivity contribution in [1.29, 1.82) is 0 Å². The number of ether oxygens (including phenoxy) is 3. The van der Waals surface area contributed by atoms with E-state index >= 15 is 4.39 Å². The van der Waals surface area contributed by atoms with Gasteiger partial charge in [-0.1, -0.05) is 19.6 Å². The predicted octanol–water partition coefficient (Wildman–Crippen LogP) is 4.99. The number of nitrogens with zero attached hydrogens (tertiary/aromatic N) is 2. The Balaban J connectivity index is 1.63. The van der Waals surface area contributed by atoms with Gasteiger partial charge in [-0.25, -0.2) is 13.8 Å². The highest BCUT2D eigenvalue weighted by Gasteiger charge is 2.30. The molecule has 0 unspecified atom stereocenters. The molecule has 200 valence electrons. The first-order valence-electron chi connectivity index (χ1n) is 12.6. The highest BCUT2D eigenvalue weighted by atomic mass is 32.2. The zero-order valence-electron chi connectivity index (χ0n) is 21.6. The number of thioether (sulfide) groups is 1. The van der Waals surface area contributed by atoms with Gasteiger partial charge in [0.1, 0.15) is 17.9 Å². The highest BCUT2D eigenvalue weighted by molar-refractivity contribution is 7.99. The van der Waals surface area contributed by atoms with Gasteiger partial charge in [0, 0.05) is 46.3 Å². The second-order valence-corrected chi connectivity index (χ2v) is 17.8. The summed E-state index contributed by atoms with van der Waals surface area (Å²) in [7, 11) is 0.326. The topological polar surface area (TPSA) is 74.6 Å². The Hall–Kier alpha value is -1.53. The normalized spacial score (nSPS) is 21.1. The van der Waals surface area contributed by atoms with Crippen LogP contribution in [0.5, 0.6) is 0 Å². The lowest BCUT2D eigenvalue weighted by atomic mass is 9.89. The molecule has 7 nitrogen and oxygen atoms in total. The van der Waals surface area contributed by atoms with Gasteiger partial charge in [0.2, 0.25) is 0 Å². The number of nitrogens with one attached hydrogen (secondary N) is 1. The number of fused-ring (bicyclic) bond motifs is 1. The van der Waals surface area contributed by atoms with Gasteiger partial charge in [0.05, 0.1) is 23.1 Å². The molecule has 2 fully saturated rings. The Bertz CT molecular complexity index is 1120. The van der Waals surface area contributed by atoms with Gasteiger partial charge < -0.3 is 19.5 Å². The van der Waals surface area contributed by atoms with Gasteiger partial charge in [-0.2, -0.15) is 11.8 Å². The van der Waals surface area contributed by atoms with E-state index in [1.165, 1.54) is 10.6 Å². The van der Waals surface area contributed by atoms with E-state index in [-0.39, 0.29) is 35.5 Å². The van der Waals surface area contributed by atoms with Crippen molar-refractivity contribution < 1.29 is 23.0 Å². The molecule has 0 amide bonds. The molecule has 4 rings (SSSR count). The molecule has 0 atom stereocenters. The molecule has 1 aromatic carbocycles. The van der Waals surface area contributed by atoms with Crippen molar-refractivity contribution in [2.45, 2.75) is 81.2 Å². The van der Waals surface area contributed by atoms with Crippen LogP contribution >= 0.6 is 11.8 Å². The predicted molar refractivity (Wildman–Crippen MR) is 143 cm³/mol. The third-order valence-electron chi connectivity index (χ3n) is 6.83. The Morgan fingerprint density at radius 1 is 1.22 bits per heavy atom. The summed E-state index contributed by atoms with van der Waals surface area (Å²) in [6.07, 6.45) is 3.43. The maximum atomic E-state index is 15.2. The summed E-state index contributed by atoms with van der Waals surface area (Å²) in [6, 6.07) is 2.39. The SMILES string of the molecule is COC1CC(Nc2cc3nc(CSC4CCOCC4)n(COCC[Si](C)(C)C)c(=O)c3c(F)c2F)C1. The molecule has 0 spiro atoms. The third kappa shape index (κ3) is 6.66. The van der Waals surface area contributed by atoms with Crippen LogP contribution < -0.4 is 10.9 Å². The van der Waals surface area contributed by atoms with E-state index in [2.05, 4.69) is 29.9 Å². The first kappa shape index (κ1) is 27.5. The molecule has 11 heteroatoms. The number of benzene rings is 1. The molecule has 1 N–H and O–H groups in total. The van der Waals surface area contributed by atoms with Crippen LogP contribution in [-0.2, 0) is 26.7 Å². The summed E-state index contributed by atoms with van der Waals surface area (Å²) in [5.74, 6) is -1.24. The van der Waals surface area contributed by atoms with Gasteiger partial charge in [0.15, 0.2) is 11.6 Å².